The summed E-state index contributed by atoms with van der Waals surface area (Å²) in [5, 5.41) is 27.7. The molecule has 1 heterocycles. The molecule has 0 saturated carbocycles. The number of aromatic hydroxyl groups is 1. The molecule has 1 aliphatic rings. The zero-order valence-corrected chi connectivity index (χ0v) is 41.9. The molecule has 2 aromatic carbocycles. The number of amides is 10. The van der Waals surface area contributed by atoms with E-state index in [1.54, 1.807) is 56.3 Å². The van der Waals surface area contributed by atoms with Gasteiger partial charge in [-0.1, -0.05) is 56.3 Å². The molecule has 0 spiro atoms. The molecule has 26 heteroatoms. The monoisotopic (exact) mass is 1040 g/mol. The van der Waals surface area contributed by atoms with Crippen molar-refractivity contribution < 1.29 is 53.1 Å². The maximum Gasteiger partial charge on any atom is 0.246 e. The van der Waals surface area contributed by atoms with E-state index in [1.807, 2.05) is 0 Å². The van der Waals surface area contributed by atoms with Gasteiger partial charge in [-0.15, -0.1) is 0 Å². The summed E-state index contributed by atoms with van der Waals surface area (Å²) in [6.45, 7) is 2.90. The van der Waals surface area contributed by atoms with Gasteiger partial charge in [-0.3, -0.25) is 52.9 Å². The number of hydrogen-bond donors (Lipinski definition) is 14. The van der Waals surface area contributed by atoms with Gasteiger partial charge < -0.3 is 70.2 Å². The maximum absolute atomic E-state index is 14.2. The summed E-state index contributed by atoms with van der Waals surface area (Å²) in [6.07, 6.45) is 0.0301. The van der Waals surface area contributed by atoms with E-state index in [1.165, 1.54) is 17.0 Å². The van der Waals surface area contributed by atoms with Crippen LogP contribution < -0.4 is 60.2 Å². The standard InChI is InChI=1S/C46H67N13O11S2/c1-25(2)38(58-42(67)31(20-26-8-4-3-5-9-26)55-40(65)30(53-37(63)16-19-71)21-27-12-14-28(60)15-13-27)44(69)56-32(22-35(47)61)41(66)57-33(24-72)45(70)59-18-7-11-34(59)43(68)54-29(10-6-17-51-46(49)50)39(64)52-23-36(48)62/h3-5,8-9,12-15,25,29-34,38,60,71-72H,6-7,10-11,16-24H2,1-2H3,(H2,47,61)(H2,48,62)(H,52,64)(H,53,63)(H,54,68)(H,55,65)(H,56,69)(H,57,66)(H,58,67)(H4,49,50,51)/t29-,30+,31+,32+,33+,34+,38+/m1/s1. The van der Waals surface area contributed by atoms with Crippen LogP contribution in [-0.4, -0.2) is 148 Å². The topological polar surface area (TPSA) is 395 Å². The first kappa shape index (κ1) is 59.2. The van der Waals surface area contributed by atoms with Gasteiger partial charge >= 0.3 is 0 Å². The summed E-state index contributed by atoms with van der Waals surface area (Å²) in [4.78, 5) is 138. The van der Waals surface area contributed by atoms with Crippen molar-refractivity contribution in [1.82, 2.24) is 42.1 Å². The van der Waals surface area contributed by atoms with E-state index < -0.39 is 120 Å². The van der Waals surface area contributed by atoms with Gasteiger partial charge in [0.15, 0.2) is 5.96 Å². The molecular formula is C46H67N13O11S2. The number of benzene rings is 2. The lowest BCUT2D eigenvalue weighted by Crippen LogP contribution is -2.61. The average Bonchev–Trinajstić information content (AvgIpc) is 3.83. The number of nitrogens with one attached hydrogen (secondary N) is 7. The SMILES string of the molecule is CC(C)[C@H](NC(=O)[C@H](Cc1ccccc1)NC(=O)[C@H](Cc1ccc(O)cc1)NC(=O)CCS)C(=O)N[C@@H](CC(N)=O)C(=O)N[C@@H](CS)C(=O)N1CCC[C@H]1C(=O)N[C@H](CCCN=C(N)N)C(=O)NCC(N)=O. The van der Waals surface area contributed by atoms with Crippen LogP contribution in [-0.2, 0) is 60.8 Å². The Kier molecular flexibility index (Phi) is 24.6. The van der Waals surface area contributed by atoms with Crippen molar-refractivity contribution in [1.29, 1.82) is 0 Å². The Bertz CT molecular complexity index is 2250. The van der Waals surface area contributed by atoms with Crippen molar-refractivity contribution in [3.8, 4) is 5.75 Å². The molecule has 72 heavy (non-hydrogen) atoms. The van der Waals surface area contributed by atoms with Gasteiger partial charge in [-0.2, -0.15) is 25.3 Å². The Morgan fingerprint density at radius 1 is 0.694 bits per heavy atom. The molecule has 0 unspecified atom stereocenters. The van der Waals surface area contributed by atoms with Gasteiger partial charge in [0.1, 0.15) is 48.0 Å². The van der Waals surface area contributed by atoms with E-state index in [-0.39, 0.29) is 74.8 Å². The van der Waals surface area contributed by atoms with E-state index in [4.69, 9.17) is 22.9 Å². The number of primary amides is 2. The molecule has 1 saturated heterocycles. The lowest BCUT2D eigenvalue weighted by Gasteiger charge is -2.30. The Balaban J connectivity index is 1.81. The number of aliphatic imine (C=N–C) groups is 1. The molecule has 394 valence electrons. The second-order valence-electron chi connectivity index (χ2n) is 17.3. The highest BCUT2D eigenvalue weighted by Crippen LogP contribution is 2.20. The number of nitrogens with two attached hydrogens (primary N) is 4. The molecular weight excluding hydrogens is 975 g/mol. The smallest absolute Gasteiger partial charge is 0.246 e. The lowest BCUT2D eigenvalue weighted by molar-refractivity contribution is -0.142. The zero-order chi connectivity index (χ0) is 53.5. The molecule has 0 aromatic heterocycles. The zero-order valence-electron chi connectivity index (χ0n) is 40.1. The predicted molar refractivity (Wildman–Crippen MR) is 271 cm³/mol. The molecule has 10 amide bonds. The summed E-state index contributed by atoms with van der Waals surface area (Å²) in [5.74, 6) is -8.90. The maximum atomic E-state index is 14.2. The van der Waals surface area contributed by atoms with Crippen LogP contribution in [0, 0.1) is 5.92 Å². The number of phenolic OH excluding ortho intramolecular Hbond substituents is 1. The third-order valence-corrected chi connectivity index (χ3v) is 11.8. The van der Waals surface area contributed by atoms with E-state index in [0.717, 1.165) is 0 Å². The second-order valence-corrected chi connectivity index (χ2v) is 18.1. The molecule has 16 N–H and O–H groups in total. The summed E-state index contributed by atoms with van der Waals surface area (Å²) in [7, 11) is 0. The van der Waals surface area contributed by atoms with Crippen LogP contribution in [0.3, 0.4) is 0 Å². The summed E-state index contributed by atoms with van der Waals surface area (Å²) < 4.78 is 0. The Labute approximate surface area is 427 Å². The number of hydrogen-bond acceptors (Lipinski definition) is 14. The van der Waals surface area contributed by atoms with E-state index in [0.29, 0.717) is 17.5 Å². The van der Waals surface area contributed by atoms with E-state index in [2.05, 4.69) is 67.5 Å². The molecule has 1 aliphatic heterocycles. The number of thiol groups is 2. The van der Waals surface area contributed by atoms with Crippen molar-refractivity contribution in [2.45, 2.75) is 108 Å². The molecule has 24 nitrogen and oxygen atoms in total. The molecule has 7 atom stereocenters. The van der Waals surface area contributed by atoms with Crippen LogP contribution in [0.4, 0.5) is 0 Å². The Hall–Kier alpha value is -7.09. The fourth-order valence-corrected chi connectivity index (χ4v) is 7.99. The van der Waals surface area contributed by atoms with Crippen LogP contribution in [0.5, 0.6) is 5.75 Å². The van der Waals surface area contributed by atoms with Gasteiger partial charge in [0.25, 0.3) is 0 Å². The van der Waals surface area contributed by atoms with Crippen LogP contribution in [0.25, 0.3) is 0 Å². The van der Waals surface area contributed by atoms with E-state index >= 15 is 0 Å². The largest absolute Gasteiger partial charge is 0.508 e. The lowest BCUT2D eigenvalue weighted by atomic mass is 9.99. The summed E-state index contributed by atoms with van der Waals surface area (Å²) in [6, 6.07) is 5.44. The first-order valence-corrected chi connectivity index (χ1v) is 24.4. The van der Waals surface area contributed by atoms with Crippen molar-refractivity contribution in [2.75, 3.05) is 31.1 Å². The third kappa shape index (κ3) is 20.0. The van der Waals surface area contributed by atoms with Gasteiger partial charge in [0.2, 0.25) is 59.1 Å². The number of carbonyl (C=O) groups is 10. The van der Waals surface area contributed by atoms with Crippen LogP contribution in [0.2, 0.25) is 0 Å². The molecule has 3 rings (SSSR count). The Morgan fingerprint density at radius 3 is 1.86 bits per heavy atom. The number of guanidine groups is 1. The minimum Gasteiger partial charge on any atom is -0.508 e. The van der Waals surface area contributed by atoms with Crippen LogP contribution in [0.1, 0.15) is 63.5 Å². The number of nitrogens with zero attached hydrogens (tertiary/aromatic N) is 2. The first-order chi connectivity index (χ1) is 34.1. The van der Waals surface area contributed by atoms with Gasteiger partial charge in [-0.25, -0.2) is 0 Å². The van der Waals surface area contributed by atoms with Crippen molar-refractivity contribution >= 4 is 90.3 Å². The summed E-state index contributed by atoms with van der Waals surface area (Å²) >= 11 is 8.37. The summed E-state index contributed by atoms with van der Waals surface area (Å²) in [5.41, 5.74) is 22.7. The molecule has 1 fully saturated rings. The van der Waals surface area contributed by atoms with Crippen LogP contribution >= 0.6 is 25.3 Å². The van der Waals surface area contributed by atoms with Crippen molar-refractivity contribution in [3.63, 3.8) is 0 Å². The van der Waals surface area contributed by atoms with Gasteiger partial charge in [0.05, 0.1) is 13.0 Å². The van der Waals surface area contributed by atoms with Crippen molar-refractivity contribution in [2.24, 2.45) is 33.8 Å². The molecule has 2 aromatic rings. The van der Waals surface area contributed by atoms with Gasteiger partial charge in [0, 0.05) is 38.1 Å². The second kappa shape index (κ2) is 29.9. The number of rotatable bonds is 29. The average molecular weight is 1040 g/mol. The van der Waals surface area contributed by atoms with Crippen molar-refractivity contribution in [3.05, 3.63) is 65.7 Å². The number of carbonyl (C=O) groups excluding carboxylic acids is 10. The van der Waals surface area contributed by atoms with E-state index in [9.17, 15) is 53.1 Å². The highest BCUT2D eigenvalue weighted by molar-refractivity contribution is 7.80. The third-order valence-electron chi connectivity index (χ3n) is 11.2. The fraction of sp³-hybridized carbons (Fsp3) is 0.500. The number of phenols is 1. The minimum atomic E-state index is -1.68. The molecule has 0 aliphatic carbocycles. The normalized spacial score (nSPS) is 15.5. The van der Waals surface area contributed by atoms with Gasteiger partial charge in [-0.05, 0) is 60.6 Å². The molecule has 0 bridgehead atoms. The quantitative estimate of drug-likeness (QED) is 0.0163. The first-order valence-electron chi connectivity index (χ1n) is 23.2. The highest BCUT2D eigenvalue weighted by Gasteiger charge is 2.40. The Morgan fingerprint density at radius 2 is 1.28 bits per heavy atom. The van der Waals surface area contributed by atoms with Crippen LogP contribution in [0.15, 0.2) is 59.6 Å². The molecule has 0 radical (unpaired) electrons. The number of likely N-dealkylation sites (tertiary alicyclic amines) is 1. The fourth-order valence-electron chi connectivity index (χ4n) is 7.54. The predicted octanol–water partition coefficient (Wildman–Crippen LogP) is -3.49. The minimum absolute atomic E-state index is 0.00393. The highest BCUT2D eigenvalue weighted by atomic mass is 32.1.